The summed E-state index contributed by atoms with van der Waals surface area (Å²) < 4.78 is 5.38. The molecule has 0 saturated heterocycles. The van der Waals surface area contributed by atoms with E-state index in [9.17, 15) is 9.59 Å². The van der Waals surface area contributed by atoms with Crippen molar-refractivity contribution in [2.24, 2.45) is 7.05 Å². The van der Waals surface area contributed by atoms with Crippen LogP contribution in [-0.2, 0) is 13.5 Å². The van der Waals surface area contributed by atoms with E-state index >= 15 is 0 Å². The summed E-state index contributed by atoms with van der Waals surface area (Å²) in [5.74, 6) is -0.786. The summed E-state index contributed by atoms with van der Waals surface area (Å²) in [5.41, 5.74) is 5.79. The number of rotatable bonds is 3. The summed E-state index contributed by atoms with van der Waals surface area (Å²) in [6.07, 6.45) is 2.37. The molecule has 0 aliphatic rings. The van der Waals surface area contributed by atoms with E-state index in [1.807, 2.05) is 6.92 Å². The highest BCUT2D eigenvalue weighted by atomic mass is 32.1. The number of nitrogens with zero attached hydrogens (tertiary/aromatic N) is 3. The molecule has 0 spiro atoms. The molecule has 2 heterocycles. The minimum absolute atomic E-state index is 0.378. The maximum absolute atomic E-state index is 11.8. The van der Waals surface area contributed by atoms with Crippen molar-refractivity contribution < 1.29 is 9.59 Å². The fourth-order valence-corrected chi connectivity index (χ4v) is 2.19. The fourth-order valence-electron chi connectivity index (χ4n) is 1.54. The van der Waals surface area contributed by atoms with Gasteiger partial charge in [0.1, 0.15) is 10.6 Å². The Morgan fingerprint density at radius 3 is 2.74 bits per heavy atom. The van der Waals surface area contributed by atoms with Gasteiger partial charge in [-0.3, -0.25) is 20.4 Å². The molecule has 0 bridgehead atoms. The van der Waals surface area contributed by atoms with Crippen molar-refractivity contribution in [1.82, 2.24) is 25.0 Å². The molecule has 0 fully saturated rings. The first-order chi connectivity index (χ1) is 9.13. The monoisotopic (exact) mass is 279 g/mol. The fraction of sp³-hybridized carbons (Fsp3) is 0.273. The van der Waals surface area contributed by atoms with Gasteiger partial charge in [-0.2, -0.15) is 0 Å². The van der Waals surface area contributed by atoms with Gasteiger partial charge >= 0.3 is 0 Å². The van der Waals surface area contributed by atoms with Gasteiger partial charge in [-0.25, -0.2) is 0 Å². The van der Waals surface area contributed by atoms with Crippen LogP contribution < -0.4 is 10.9 Å². The Kier molecular flexibility index (Phi) is 3.91. The van der Waals surface area contributed by atoms with Crippen LogP contribution in [0.3, 0.4) is 0 Å². The van der Waals surface area contributed by atoms with Gasteiger partial charge in [-0.05, 0) is 30.1 Å². The first kappa shape index (κ1) is 13.2. The first-order valence-electron chi connectivity index (χ1n) is 5.66. The van der Waals surface area contributed by atoms with Crippen LogP contribution in [0, 0.1) is 0 Å². The standard InChI is InChI=1S/C11H13N5O2S/c1-3-7-9(19-15-12-7)11(18)14-13-10(17)8-5-4-6-16(8)2/h4-6H,3H2,1-2H3,(H,13,17)(H,14,18). The zero-order chi connectivity index (χ0) is 13.8. The number of hydrogen-bond acceptors (Lipinski definition) is 5. The molecule has 2 N–H and O–H groups in total. The average Bonchev–Trinajstić information content (AvgIpc) is 3.03. The minimum Gasteiger partial charge on any atom is -0.347 e. The Morgan fingerprint density at radius 1 is 1.37 bits per heavy atom. The van der Waals surface area contributed by atoms with Crippen LogP contribution in [0.5, 0.6) is 0 Å². The molecule has 19 heavy (non-hydrogen) atoms. The number of hydrazine groups is 1. The topological polar surface area (TPSA) is 88.9 Å². The average molecular weight is 279 g/mol. The van der Waals surface area contributed by atoms with Crippen molar-refractivity contribution in [2.75, 3.05) is 0 Å². The van der Waals surface area contributed by atoms with Gasteiger partial charge in [0.15, 0.2) is 0 Å². The highest BCUT2D eigenvalue weighted by molar-refractivity contribution is 7.08. The summed E-state index contributed by atoms with van der Waals surface area (Å²) >= 11 is 1.00. The minimum atomic E-state index is -0.408. The second-order valence-electron chi connectivity index (χ2n) is 3.81. The molecule has 0 aliphatic carbocycles. The second kappa shape index (κ2) is 5.61. The molecule has 2 amide bonds. The Balaban J connectivity index is 1.98. The molecule has 0 aliphatic heterocycles. The quantitative estimate of drug-likeness (QED) is 0.801. The van der Waals surface area contributed by atoms with E-state index in [0.717, 1.165) is 11.5 Å². The van der Waals surface area contributed by atoms with Crippen LogP contribution in [0.4, 0.5) is 0 Å². The summed E-state index contributed by atoms with van der Waals surface area (Å²) in [5, 5.41) is 3.84. The molecule has 2 aromatic heterocycles. The Bertz CT molecular complexity index is 604. The van der Waals surface area contributed by atoms with Gasteiger partial charge < -0.3 is 4.57 Å². The van der Waals surface area contributed by atoms with E-state index in [0.29, 0.717) is 22.7 Å². The molecular formula is C11H13N5O2S. The largest absolute Gasteiger partial charge is 0.347 e. The smallest absolute Gasteiger partial charge is 0.286 e. The van der Waals surface area contributed by atoms with Gasteiger partial charge in [0.05, 0.1) is 5.69 Å². The molecule has 0 radical (unpaired) electrons. The molecule has 0 aromatic carbocycles. The molecule has 2 rings (SSSR count). The molecule has 8 heteroatoms. The van der Waals surface area contributed by atoms with Gasteiger partial charge in [0.2, 0.25) is 0 Å². The third-order valence-corrected chi connectivity index (χ3v) is 3.33. The van der Waals surface area contributed by atoms with Crippen LogP contribution in [-0.4, -0.2) is 26.0 Å². The first-order valence-corrected chi connectivity index (χ1v) is 6.44. The molecule has 0 atom stereocenters. The highest BCUT2D eigenvalue weighted by Crippen LogP contribution is 2.10. The summed E-state index contributed by atoms with van der Waals surface area (Å²) in [6, 6.07) is 3.41. The lowest BCUT2D eigenvalue weighted by molar-refractivity contribution is 0.0843. The van der Waals surface area contributed by atoms with E-state index in [-0.39, 0.29) is 5.91 Å². The SMILES string of the molecule is CCc1nnsc1C(=O)NNC(=O)c1cccn1C. The van der Waals surface area contributed by atoms with Crippen LogP contribution in [0.15, 0.2) is 18.3 Å². The number of hydrogen-bond donors (Lipinski definition) is 2. The Labute approximate surface area is 113 Å². The predicted molar refractivity (Wildman–Crippen MR) is 69.6 cm³/mol. The second-order valence-corrected chi connectivity index (χ2v) is 4.57. The lowest BCUT2D eigenvalue weighted by Crippen LogP contribution is -2.42. The van der Waals surface area contributed by atoms with Gasteiger partial charge in [0.25, 0.3) is 11.8 Å². The van der Waals surface area contributed by atoms with Crippen molar-refractivity contribution in [3.05, 3.63) is 34.6 Å². The lowest BCUT2D eigenvalue weighted by Gasteiger charge is -2.07. The van der Waals surface area contributed by atoms with Crippen LogP contribution >= 0.6 is 11.5 Å². The van der Waals surface area contributed by atoms with Gasteiger partial charge in [0, 0.05) is 13.2 Å². The Hall–Kier alpha value is -2.22. The molecule has 0 saturated carbocycles. The molecule has 2 aromatic rings. The van der Waals surface area contributed by atoms with Crippen molar-refractivity contribution in [2.45, 2.75) is 13.3 Å². The number of aryl methyl sites for hydroxylation is 2. The van der Waals surface area contributed by atoms with Crippen LogP contribution in [0.1, 0.15) is 32.8 Å². The van der Waals surface area contributed by atoms with E-state index in [1.165, 1.54) is 0 Å². The van der Waals surface area contributed by atoms with Crippen molar-refractivity contribution in [3.8, 4) is 0 Å². The number of amides is 2. The number of carbonyl (C=O) groups excluding carboxylic acids is 2. The van der Waals surface area contributed by atoms with Gasteiger partial charge in [-0.15, -0.1) is 5.10 Å². The lowest BCUT2D eigenvalue weighted by atomic mass is 10.3. The molecular weight excluding hydrogens is 266 g/mol. The van der Waals surface area contributed by atoms with E-state index in [4.69, 9.17) is 0 Å². The number of nitrogens with one attached hydrogen (secondary N) is 2. The molecule has 100 valence electrons. The van der Waals surface area contributed by atoms with E-state index in [2.05, 4.69) is 20.4 Å². The maximum Gasteiger partial charge on any atom is 0.286 e. The van der Waals surface area contributed by atoms with E-state index < -0.39 is 5.91 Å². The van der Waals surface area contributed by atoms with E-state index in [1.54, 1.807) is 29.9 Å². The Morgan fingerprint density at radius 2 is 2.11 bits per heavy atom. The van der Waals surface area contributed by atoms with Gasteiger partial charge in [-0.1, -0.05) is 11.4 Å². The third kappa shape index (κ3) is 2.79. The maximum atomic E-state index is 11.8. The number of carbonyl (C=O) groups is 2. The van der Waals surface area contributed by atoms with Crippen LogP contribution in [0.2, 0.25) is 0 Å². The van der Waals surface area contributed by atoms with Crippen LogP contribution in [0.25, 0.3) is 0 Å². The highest BCUT2D eigenvalue weighted by Gasteiger charge is 2.16. The molecule has 7 nitrogen and oxygen atoms in total. The zero-order valence-electron chi connectivity index (χ0n) is 10.5. The molecule has 0 unspecified atom stereocenters. The summed E-state index contributed by atoms with van der Waals surface area (Å²) in [4.78, 5) is 24.0. The summed E-state index contributed by atoms with van der Waals surface area (Å²) in [7, 11) is 1.75. The normalized spacial score (nSPS) is 10.2. The third-order valence-electron chi connectivity index (χ3n) is 2.56. The summed E-state index contributed by atoms with van der Waals surface area (Å²) in [6.45, 7) is 1.88. The zero-order valence-corrected chi connectivity index (χ0v) is 11.3. The van der Waals surface area contributed by atoms with Crippen molar-refractivity contribution in [3.63, 3.8) is 0 Å². The number of aromatic nitrogens is 3. The predicted octanol–water partition coefficient (Wildman–Crippen LogP) is 0.514. The van der Waals surface area contributed by atoms with Crippen molar-refractivity contribution in [1.29, 1.82) is 0 Å². The van der Waals surface area contributed by atoms with Crippen molar-refractivity contribution >= 4 is 23.3 Å².